The van der Waals surface area contributed by atoms with Crippen LogP contribution in [0.4, 0.5) is 0 Å². The summed E-state index contributed by atoms with van der Waals surface area (Å²) in [4.78, 5) is 0. The van der Waals surface area contributed by atoms with E-state index in [9.17, 15) is 0 Å². The zero-order valence-corrected chi connectivity index (χ0v) is 10.2. The first kappa shape index (κ1) is 13.2. The molecule has 0 unspecified atom stereocenters. The Bertz CT molecular complexity index is 289. The Morgan fingerprint density at radius 1 is 1.00 bits per heavy atom. The summed E-state index contributed by atoms with van der Waals surface area (Å²) < 4.78 is 10.1. The van der Waals surface area contributed by atoms with Gasteiger partial charge in [-0.25, -0.2) is 0 Å². The molecule has 0 saturated carbocycles. The van der Waals surface area contributed by atoms with Gasteiger partial charge in [-0.2, -0.15) is 0 Å². The van der Waals surface area contributed by atoms with Crippen LogP contribution in [0.2, 0.25) is 0 Å². The summed E-state index contributed by atoms with van der Waals surface area (Å²) in [5.41, 5.74) is 2.63. The normalized spacial score (nSPS) is 10.6. The Labute approximate surface area is 97.8 Å². The molecule has 16 heavy (non-hydrogen) atoms. The average molecular weight is 223 g/mol. The van der Waals surface area contributed by atoms with Crippen LogP contribution in [0.25, 0.3) is 0 Å². The van der Waals surface area contributed by atoms with Gasteiger partial charge in [0, 0.05) is 20.8 Å². The summed E-state index contributed by atoms with van der Waals surface area (Å²) in [6.45, 7) is 3.33. The van der Waals surface area contributed by atoms with Gasteiger partial charge in [-0.3, -0.25) is 0 Å². The standard InChI is InChI=1S/C13H21NO2/c1-15-10-9-14-8-7-12-5-3-4-6-13(12)11-16-2/h3-6,14H,7-11H2,1-2H3. The maximum atomic E-state index is 5.17. The van der Waals surface area contributed by atoms with Crippen LogP contribution in [0.3, 0.4) is 0 Å². The molecule has 0 atom stereocenters. The molecule has 0 aliphatic rings. The first-order chi connectivity index (χ1) is 7.88. The lowest BCUT2D eigenvalue weighted by Crippen LogP contribution is -2.22. The lowest BCUT2D eigenvalue weighted by Gasteiger charge is -2.09. The van der Waals surface area contributed by atoms with Crippen molar-refractivity contribution >= 4 is 0 Å². The van der Waals surface area contributed by atoms with Gasteiger partial charge >= 0.3 is 0 Å². The van der Waals surface area contributed by atoms with E-state index in [1.54, 1.807) is 14.2 Å². The summed E-state index contributed by atoms with van der Waals surface area (Å²) >= 11 is 0. The smallest absolute Gasteiger partial charge is 0.0715 e. The fraction of sp³-hybridized carbons (Fsp3) is 0.538. The van der Waals surface area contributed by atoms with Gasteiger partial charge in [-0.1, -0.05) is 24.3 Å². The number of rotatable bonds is 8. The van der Waals surface area contributed by atoms with Crippen LogP contribution >= 0.6 is 0 Å². The van der Waals surface area contributed by atoms with Crippen molar-refractivity contribution in [3.05, 3.63) is 35.4 Å². The molecule has 0 spiro atoms. The molecule has 3 nitrogen and oxygen atoms in total. The fourth-order valence-electron chi connectivity index (χ4n) is 1.62. The number of benzene rings is 1. The van der Waals surface area contributed by atoms with E-state index in [1.165, 1.54) is 11.1 Å². The Balaban J connectivity index is 2.34. The predicted octanol–water partition coefficient (Wildman–Crippen LogP) is 1.61. The molecule has 1 N–H and O–H groups in total. The van der Waals surface area contributed by atoms with E-state index in [-0.39, 0.29) is 0 Å². The Hall–Kier alpha value is -0.900. The summed E-state index contributed by atoms with van der Waals surface area (Å²) in [6.07, 6.45) is 1.03. The number of hydrogen-bond acceptors (Lipinski definition) is 3. The lowest BCUT2D eigenvalue weighted by molar-refractivity contribution is 0.184. The van der Waals surface area contributed by atoms with E-state index < -0.39 is 0 Å². The number of hydrogen-bond donors (Lipinski definition) is 1. The Morgan fingerprint density at radius 2 is 1.75 bits per heavy atom. The molecule has 0 fully saturated rings. The molecule has 0 aromatic heterocycles. The SMILES string of the molecule is COCCNCCc1ccccc1COC. The van der Waals surface area contributed by atoms with Crippen LogP contribution in [0.5, 0.6) is 0 Å². The van der Waals surface area contributed by atoms with E-state index in [0.717, 1.165) is 26.1 Å². The topological polar surface area (TPSA) is 30.5 Å². The quantitative estimate of drug-likeness (QED) is 0.679. The van der Waals surface area contributed by atoms with Crippen molar-refractivity contribution in [2.75, 3.05) is 33.9 Å². The molecule has 0 amide bonds. The Kier molecular flexibility index (Phi) is 6.81. The number of ether oxygens (including phenoxy) is 2. The van der Waals surface area contributed by atoms with E-state index in [2.05, 4.69) is 29.6 Å². The number of nitrogens with one attached hydrogen (secondary N) is 1. The highest BCUT2D eigenvalue weighted by atomic mass is 16.5. The molecule has 0 aliphatic carbocycles. The van der Waals surface area contributed by atoms with Crippen LogP contribution in [0.15, 0.2) is 24.3 Å². The van der Waals surface area contributed by atoms with Crippen molar-refractivity contribution in [2.45, 2.75) is 13.0 Å². The molecule has 0 radical (unpaired) electrons. The monoisotopic (exact) mass is 223 g/mol. The first-order valence-electron chi connectivity index (χ1n) is 5.64. The Morgan fingerprint density at radius 3 is 2.44 bits per heavy atom. The second-order valence-corrected chi connectivity index (χ2v) is 3.69. The van der Waals surface area contributed by atoms with E-state index in [4.69, 9.17) is 9.47 Å². The van der Waals surface area contributed by atoms with Crippen LogP contribution < -0.4 is 5.32 Å². The number of methoxy groups -OCH3 is 2. The van der Waals surface area contributed by atoms with Gasteiger partial charge in [0.25, 0.3) is 0 Å². The summed E-state index contributed by atoms with van der Waals surface area (Å²) in [7, 11) is 3.45. The molecule has 90 valence electrons. The molecule has 1 rings (SSSR count). The first-order valence-corrected chi connectivity index (χ1v) is 5.64. The maximum Gasteiger partial charge on any atom is 0.0715 e. The molecule has 1 aromatic carbocycles. The minimum absolute atomic E-state index is 0.689. The molecular formula is C13H21NO2. The van der Waals surface area contributed by atoms with Crippen LogP contribution in [-0.4, -0.2) is 33.9 Å². The second-order valence-electron chi connectivity index (χ2n) is 3.69. The molecule has 0 aliphatic heterocycles. The van der Waals surface area contributed by atoms with Crippen molar-refractivity contribution in [1.29, 1.82) is 0 Å². The van der Waals surface area contributed by atoms with Gasteiger partial charge in [0.2, 0.25) is 0 Å². The van der Waals surface area contributed by atoms with Crippen molar-refractivity contribution in [3.63, 3.8) is 0 Å². The third-order valence-corrected chi connectivity index (χ3v) is 2.47. The van der Waals surface area contributed by atoms with Crippen LogP contribution in [0.1, 0.15) is 11.1 Å². The molecule has 0 saturated heterocycles. The average Bonchev–Trinajstić information content (AvgIpc) is 2.31. The lowest BCUT2D eigenvalue weighted by atomic mass is 10.1. The van der Waals surface area contributed by atoms with Gasteiger partial charge < -0.3 is 14.8 Å². The largest absolute Gasteiger partial charge is 0.383 e. The highest BCUT2D eigenvalue weighted by molar-refractivity contribution is 5.26. The van der Waals surface area contributed by atoms with E-state index in [0.29, 0.717) is 6.61 Å². The van der Waals surface area contributed by atoms with Gasteiger partial charge in [0.1, 0.15) is 0 Å². The third-order valence-electron chi connectivity index (χ3n) is 2.47. The minimum atomic E-state index is 0.689. The fourth-order valence-corrected chi connectivity index (χ4v) is 1.62. The maximum absolute atomic E-state index is 5.17. The molecule has 0 heterocycles. The zero-order valence-electron chi connectivity index (χ0n) is 10.2. The van der Waals surface area contributed by atoms with Gasteiger partial charge in [-0.05, 0) is 24.1 Å². The molecular weight excluding hydrogens is 202 g/mol. The second kappa shape index (κ2) is 8.28. The highest BCUT2D eigenvalue weighted by Crippen LogP contribution is 2.09. The minimum Gasteiger partial charge on any atom is -0.383 e. The highest BCUT2D eigenvalue weighted by Gasteiger charge is 2.00. The van der Waals surface area contributed by atoms with Crippen molar-refractivity contribution in [1.82, 2.24) is 5.32 Å². The zero-order chi connectivity index (χ0) is 11.6. The van der Waals surface area contributed by atoms with Crippen LogP contribution in [0, 0.1) is 0 Å². The van der Waals surface area contributed by atoms with E-state index >= 15 is 0 Å². The predicted molar refractivity (Wildman–Crippen MR) is 65.6 cm³/mol. The summed E-state index contributed by atoms with van der Waals surface area (Å²) in [6, 6.07) is 8.40. The summed E-state index contributed by atoms with van der Waals surface area (Å²) in [5, 5.41) is 3.34. The van der Waals surface area contributed by atoms with Crippen LogP contribution in [-0.2, 0) is 22.5 Å². The molecule has 3 heteroatoms. The van der Waals surface area contributed by atoms with E-state index in [1.807, 2.05) is 0 Å². The van der Waals surface area contributed by atoms with Gasteiger partial charge in [0.15, 0.2) is 0 Å². The van der Waals surface area contributed by atoms with Crippen molar-refractivity contribution < 1.29 is 9.47 Å². The van der Waals surface area contributed by atoms with Crippen molar-refractivity contribution in [2.24, 2.45) is 0 Å². The molecule has 1 aromatic rings. The molecule has 0 bridgehead atoms. The third kappa shape index (κ3) is 4.75. The van der Waals surface area contributed by atoms with Gasteiger partial charge in [-0.15, -0.1) is 0 Å². The van der Waals surface area contributed by atoms with Gasteiger partial charge in [0.05, 0.1) is 13.2 Å². The summed E-state index contributed by atoms with van der Waals surface area (Å²) in [5.74, 6) is 0. The van der Waals surface area contributed by atoms with Crippen molar-refractivity contribution in [3.8, 4) is 0 Å².